The normalized spacial score (nSPS) is 11.4. The molecule has 6 aromatic rings. The van der Waals surface area contributed by atoms with E-state index in [2.05, 4.69) is 15.9 Å². The Hall–Kier alpha value is -3.71. The summed E-state index contributed by atoms with van der Waals surface area (Å²) >= 11 is 3.58. The van der Waals surface area contributed by atoms with Gasteiger partial charge in [-0.05, 0) is 50.1 Å². The van der Waals surface area contributed by atoms with Crippen molar-refractivity contribution in [2.24, 2.45) is 0 Å². The highest BCUT2D eigenvalue weighted by Gasteiger charge is 2.26. The number of nitrogens with zero attached hydrogens (tertiary/aromatic N) is 2. The maximum Gasteiger partial charge on any atom is 0.180 e. The van der Waals surface area contributed by atoms with Crippen LogP contribution in [0.1, 0.15) is 0 Å². The standard InChI is InChI=1S/C28H10B7BrN2O3/c29-16-13(14-17(30)21(34)22(35)26(40)20(14)33)19(32)25(39)15(18(16)31)28-37-23(9-5-2-1-3-6-9)27-24(38-28)12-10(36)7-4-8-11(12)41-27/h1-8,39-40H. The third-order valence-electron chi connectivity index (χ3n) is 7.03. The lowest BCUT2D eigenvalue weighted by Gasteiger charge is -2.26. The number of aromatic nitrogens is 2. The largest absolute Gasteiger partial charge is 0.509 e. The first kappa shape index (κ1) is 27.5. The summed E-state index contributed by atoms with van der Waals surface area (Å²) in [5.41, 5.74) is 1.50. The van der Waals surface area contributed by atoms with Crippen molar-refractivity contribution in [1.29, 1.82) is 0 Å². The zero-order valence-corrected chi connectivity index (χ0v) is 22.8. The fourth-order valence-corrected chi connectivity index (χ4v) is 5.46. The fourth-order valence-electron chi connectivity index (χ4n) is 4.93. The third kappa shape index (κ3) is 4.08. The van der Waals surface area contributed by atoms with E-state index in [4.69, 9.17) is 69.3 Å². The van der Waals surface area contributed by atoms with Gasteiger partial charge >= 0.3 is 0 Å². The Labute approximate surface area is 253 Å². The summed E-state index contributed by atoms with van der Waals surface area (Å²) < 4.78 is 6.93. The summed E-state index contributed by atoms with van der Waals surface area (Å²) in [7, 11) is 43.6. The van der Waals surface area contributed by atoms with Crippen molar-refractivity contribution in [3.63, 3.8) is 0 Å². The molecular weight excluding hydrogens is 568 g/mol. The van der Waals surface area contributed by atoms with E-state index in [1.807, 2.05) is 48.5 Å². The van der Waals surface area contributed by atoms with Crippen molar-refractivity contribution in [2.45, 2.75) is 0 Å². The molecule has 0 aliphatic heterocycles. The Morgan fingerprint density at radius 1 is 0.610 bits per heavy atom. The van der Waals surface area contributed by atoms with Gasteiger partial charge in [0.15, 0.2) is 11.4 Å². The molecule has 0 unspecified atom stereocenters. The molecule has 4 aromatic carbocycles. The molecule has 14 radical (unpaired) electrons. The lowest BCUT2D eigenvalue weighted by Crippen LogP contribution is -2.47. The first-order chi connectivity index (χ1) is 19.5. The van der Waals surface area contributed by atoms with Gasteiger partial charge in [-0.15, -0.1) is 5.46 Å². The zero-order valence-electron chi connectivity index (χ0n) is 21.2. The van der Waals surface area contributed by atoms with Gasteiger partial charge in [-0.3, -0.25) is 0 Å². The summed E-state index contributed by atoms with van der Waals surface area (Å²) in [6, 6.07) is 14.9. The van der Waals surface area contributed by atoms with Crippen LogP contribution in [0.5, 0.6) is 11.5 Å². The van der Waals surface area contributed by atoms with E-state index in [0.717, 1.165) is 10.0 Å². The molecule has 0 spiro atoms. The quantitative estimate of drug-likeness (QED) is 0.267. The van der Waals surface area contributed by atoms with Crippen LogP contribution in [0.15, 0.2) is 57.4 Å². The monoisotopic (exact) mass is 578 g/mol. The third-order valence-corrected chi connectivity index (χ3v) is 7.69. The van der Waals surface area contributed by atoms with Crippen LogP contribution in [0.2, 0.25) is 0 Å². The molecule has 0 saturated heterocycles. The summed E-state index contributed by atoms with van der Waals surface area (Å²) in [6.45, 7) is 0. The van der Waals surface area contributed by atoms with Crippen LogP contribution in [0.4, 0.5) is 0 Å². The van der Waals surface area contributed by atoms with Crippen LogP contribution in [0.25, 0.3) is 55.8 Å². The number of hydrogen-bond donors (Lipinski definition) is 2. The van der Waals surface area contributed by atoms with Crippen molar-refractivity contribution >= 4 is 131 Å². The van der Waals surface area contributed by atoms with Gasteiger partial charge in [0.25, 0.3) is 0 Å². The van der Waals surface area contributed by atoms with E-state index >= 15 is 0 Å². The molecule has 0 saturated carbocycles. The molecule has 0 aliphatic carbocycles. The summed E-state index contributed by atoms with van der Waals surface area (Å²) in [6.07, 6.45) is 0. The minimum Gasteiger partial charge on any atom is -0.509 e. The first-order valence-electron chi connectivity index (χ1n) is 12.1. The van der Waals surface area contributed by atoms with Gasteiger partial charge in [0.1, 0.15) is 83.2 Å². The number of fused-ring (bicyclic) bond motifs is 3. The minimum atomic E-state index is -0.508. The Morgan fingerprint density at radius 3 is 1.90 bits per heavy atom. The van der Waals surface area contributed by atoms with Crippen molar-refractivity contribution < 1.29 is 14.6 Å². The molecule has 2 heterocycles. The predicted octanol–water partition coefficient (Wildman–Crippen LogP) is -0.893. The first-order valence-corrected chi connectivity index (χ1v) is 12.9. The van der Waals surface area contributed by atoms with Gasteiger partial charge in [-0.25, -0.2) is 9.97 Å². The molecule has 2 N–H and O–H groups in total. The molecule has 0 aliphatic rings. The average Bonchev–Trinajstić information content (AvgIpc) is 3.36. The van der Waals surface area contributed by atoms with Crippen LogP contribution >= 0.6 is 15.9 Å². The minimum absolute atomic E-state index is 0.0194. The molecule has 6 rings (SSSR count). The van der Waals surface area contributed by atoms with Crippen molar-refractivity contribution in [3.05, 3.63) is 53.0 Å². The predicted molar refractivity (Wildman–Crippen MR) is 174 cm³/mol. The van der Waals surface area contributed by atoms with Gasteiger partial charge in [0.2, 0.25) is 0 Å². The second-order valence-electron chi connectivity index (χ2n) is 9.37. The Morgan fingerprint density at radius 2 is 1.22 bits per heavy atom. The van der Waals surface area contributed by atoms with Crippen LogP contribution < -0.4 is 38.2 Å². The van der Waals surface area contributed by atoms with Gasteiger partial charge < -0.3 is 14.6 Å². The molecule has 5 nitrogen and oxygen atoms in total. The number of halogens is 1. The SMILES string of the molecule is [B]c1c([B])c(O)c([B])c(-c2c([B])c([B])c(-c3nc(-c4ccccc4)c4oc5cccc(Br)c5c4n3)c(O)c2[B])c1[B]. The second-order valence-corrected chi connectivity index (χ2v) is 10.2. The van der Waals surface area contributed by atoms with Gasteiger partial charge in [-0.1, -0.05) is 58.2 Å². The Kier molecular flexibility index (Phi) is 6.69. The van der Waals surface area contributed by atoms with E-state index in [0.29, 0.717) is 27.8 Å². The molecule has 2 aromatic heterocycles. The van der Waals surface area contributed by atoms with Crippen LogP contribution in [0, 0.1) is 0 Å². The summed E-state index contributed by atoms with van der Waals surface area (Å²) in [4.78, 5) is 9.50. The van der Waals surface area contributed by atoms with Crippen molar-refractivity contribution in [3.8, 4) is 45.3 Å². The van der Waals surface area contributed by atoms with Gasteiger partial charge in [-0.2, -0.15) is 0 Å². The van der Waals surface area contributed by atoms with Gasteiger partial charge in [0, 0.05) is 10.0 Å². The van der Waals surface area contributed by atoms with Crippen LogP contribution in [-0.4, -0.2) is 75.1 Å². The molecule has 41 heavy (non-hydrogen) atoms. The molecule has 13 heteroatoms. The molecular formula is C28H10B7BrN2O3. The topological polar surface area (TPSA) is 79.4 Å². The van der Waals surface area contributed by atoms with E-state index in [9.17, 15) is 10.2 Å². The number of aromatic hydroxyl groups is 2. The molecule has 0 amide bonds. The molecule has 0 fully saturated rings. The number of rotatable bonds is 3. The summed E-state index contributed by atoms with van der Waals surface area (Å²) in [5, 5.41) is 22.6. The van der Waals surface area contributed by atoms with Crippen LogP contribution in [0.3, 0.4) is 0 Å². The molecule has 178 valence electrons. The average molecular weight is 578 g/mol. The van der Waals surface area contributed by atoms with E-state index in [1.54, 1.807) is 0 Å². The van der Waals surface area contributed by atoms with Crippen molar-refractivity contribution in [2.75, 3.05) is 0 Å². The zero-order chi connectivity index (χ0) is 29.3. The number of benzene rings is 4. The molecule has 0 bridgehead atoms. The lowest BCUT2D eigenvalue weighted by molar-refractivity contribution is 0.481. The highest BCUT2D eigenvalue weighted by molar-refractivity contribution is 9.10. The smallest absolute Gasteiger partial charge is 0.180 e. The lowest BCUT2D eigenvalue weighted by atomic mass is 9.61. The van der Waals surface area contributed by atoms with Gasteiger partial charge in [0.05, 0.1) is 10.9 Å². The van der Waals surface area contributed by atoms with Crippen LogP contribution in [-0.2, 0) is 0 Å². The highest BCUT2D eigenvalue weighted by Crippen LogP contribution is 2.39. The molecule has 0 atom stereocenters. The van der Waals surface area contributed by atoms with Crippen molar-refractivity contribution in [1.82, 2.24) is 9.97 Å². The Balaban J connectivity index is 1.70. The Bertz CT molecular complexity index is 2010. The van der Waals surface area contributed by atoms with E-state index in [-0.39, 0.29) is 60.8 Å². The number of phenolic OH excluding ortho intramolecular Hbond substituents is 2. The fraction of sp³-hybridized carbons (Fsp3) is 0. The maximum absolute atomic E-state index is 11.5. The summed E-state index contributed by atoms with van der Waals surface area (Å²) in [5.74, 6) is -0.952. The van der Waals surface area contributed by atoms with E-state index < -0.39 is 11.5 Å². The number of furan rings is 1. The van der Waals surface area contributed by atoms with E-state index in [1.165, 1.54) is 0 Å². The highest BCUT2D eigenvalue weighted by atomic mass is 79.9. The number of hydrogen-bond acceptors (Lipinski definition) is 5. The number of phenols is 2. The maximum atomic E-state index is 11.5. The second kappa shape index (κ2) is 9.98.